The van der Waals surface area contributed by atoms with Gasteiger partial charge in [0, 0.05) is 24.9 Å². The van der Waals surface area contributed by atoms with Crippen LogP contribution in [-0.2, 0) is 11.3 Å². The Kier molecular flexibility index (Phi) is 4.58. The summed E-state index contributed by atoms with van der Waals surface area (Å²) in [6, 6.07) is 5.85. The van der Waals surface area contributed by atoms with Gasteiger partial charge in [-0.15, -0.1) is 11.8 Å². The summed E-state index contributed by atoms with van der Waals surface area (Å²) >= 11 is 1.40. The number of hydrogen-bond donors (Lipinski definition) is 1. The highest BCUT2D eigenvalue weighted by molar-refractivity contribution is 8.02. The van der Waals surface area contributed by atoms with Crippen molar-refractivity contribution in [2.45, 2.75) is 19.4 Å². The maximum atomic E-state index is 12.0. The Labute approximate surface area is 116 Å². The quantitative estimate of drug-likeness (QED) is 0.636. The molecule has 2 rings (SSSR count). The van der Waals surface area contributed by atoms with E-state index in [1.54, 1.807) is 12.4 Å². The van der Waals surface area contributed by atoms with Crippen LogP contribution in [0.2, 0.25) is 0 Å². The van der Waals surface area contributed by atoms with Crippen LogP contribution in [0.3, 0.4) is 0 Å². The van der Waals surface area contributed by atoms with Crippen molar-refractivity contribution in [3.8, 4) is 6.07 Å². The molecule has 0 aliphatic heterocycles. The monoisotopic (exact) mass is 273 g/mol. The summed E-state index contributed by atoms with van der Waals surface area (Å²) in [5, 5.41) is 13.0. The van der Waals surface area contributed by atoms with Gasteiger partial charge in [0.05, 0.1) is 5.03 Å². The zero-order valence-electron chi connectivity index (χ0n) is 10.7. The maximum absolute atomic E-state index is 12.0. The molecular formula is C14H15N3OS. The first kappa shape index (κ1) is 13.6. The summed E-state index contributed by atoms with van der Waals surface area (Å²) < 4.78 is 0. The molecule has 0 atom stereocenters. The van der Waals surface area contributed by atoms with Gasteiger partial charge in [0.1, 0.15) is 11.6 Å². The summed E-state index contributed by atoms with van der Waals surface area (Å²) in [5.74, 6) is 0.0440. The molecule has 4 nitrogen and oxygen atoms in total. The van der Waals surface area contributed by atoms with Gasteiger partial charge in [-0.3, -0.25) is 9.78 Å². The molecule has 1 fully saturated rings. The van der Waals surface area contributed by atoms with Crippen LogP contribution in [-0.4, -0.2) is 17.0 Å². The Morgan fingerprint density at radius 1 is 1.63 bits per heavy atom. The minimum Gasteiger partial charge on any atom is -0.375 e. The van der Waals surface area contributed by atoms with Crippen LogP contribution in [0.4, 0.5) is 0 Å². The van der Waals surface area contributed by atoms with Gasteiger partial charge >= 0.3 is 0 Å². The molecule has 0 amide bonds. The van der Waals surface area contributed by atoms with Gasteiger partial charge in [0.15, 0.2) is 5.78 Å². The number of carbonyl (C=O) groups excluding carboxylic acids is 1. The third-order valence-electron chi connectivity index (χ3n) is 2.91. The van der Waals surface area contributed by atoms with E-state index in [0.29, 0.717) is 11.6 Å². The van der Waals surface area contributed by atoms with Crippen molar-refractivity contribution >= 4 is 17.5 Å². The number of rotatable bonds is 6. The maximum Gasteiger partial charge on any atom is 0.179 e. The number of ketones is 1. The van der Waals surface area contributed by atoms with Gasteiger partial charge in [0.25, 0.3) is 0 Å². The Hall–Kier alpha value is -1.80. The van der Waals surface area contributed by atoms with Crippen molar-refractivity contribution in [1.82, 2.24) is 10.3 Å². The highest BCUT2D eigenvalue weighted by Gasteiger charge is 2.33. The Morgan fingerprint density at radius 3 is 2.95 bits per heavy atom. The number of allylic oxidation sites excluding steroid dienone is 1. The van der Waals surface area contributed by atoms with E-state index in [2.05, 4.69) is 10.3 Å². The number of Topliss-reactive ketones (excluding diaryl/α,β-unsaturated/α-hetero) is 1. The fourth-order valence-corrected chi connectivity index (χ4v) is 2.28. The van der Waals surface area contributed by atoms with Gasteiger partial charge in [0.2, 0.25) is 0 Å². The second-order valence-corrected chi connectivity index (χ2v) is 5.19. The Bertz CT molecular complexity index is 529. The SMILES string of the molecule is CSC(NCc1cccnc1)=C(C#N)C(=O)C1CC1. The Balaban J connectivity index is 2.09. The smallest absolute Gasteiger partial charge is 0.179 e. The van der Waals surface area contributed by atoms with Crippen molar-refractivity contribution in [2.24, 2.45) is 5.92 Å². The predicted molar refractivity (Wildman–Crippen MR) is 75.0 cm³/mol. The summed E-state index contributed by atoms with van der Waals surface area (Å²) in [7, 11) is 0. The summed E-state index contributed by atoms with van der Waals surface area (Å²) in [4.78, 5) is 16.0. The highest BCUT2D eigenvalue weighted by Crippen LogP contribution is 2.33. The van der Waals surface area contributed by atoms with Crippen molar-refractivity contribution in [2.75, 3.05) is 6.26 Å². The summed E-state index contributed by atoms with van der Waals surface area (Å²) in [5.41, 5.74) is 1.28. The predicted octanol–water partition coefficient (Wildman–Crippen LogP) is 2.25. The van der Waals surface area contributed by atoms with E-state index in [9.17, 15) is 10.1 Å². The fraction of sp³-hybridized carbons (Fsp3) is 0.357. The normalized spacial score (nSPS) is 15.4. The van der Waals surface area contributed by atoms with Crippen LogP contribution in [0.25, 0.3) is 0 Å². The largest absolute Gasteiger partial charge is 0.375 e. The number of nitrogens with zero attached hydrogens (tertiary/aromatic N) is 2. The number of nitrogens with one attached hydrogen (secondary N) is 1. The van der Waals surface area contributed by atoms with Crippen LogP contribution < -0.4 is 5.32 Å². The van der Waals surface area contributed by atoms with Gasteiger partial charge < -0.3 is 5.32 Å². The van der Waals surface area contributed by atoms with Gasteiger partial charge in [-0.05, 0) is 30.7 Å². The lowest BCUT2D eigenvalue weighted by Gasteiger charge is -2.10. The van der Waals surface area contributed by atoms with E-state index in [0.717, 1.165) is 18.4 Å². The molecular weight excluding hydrogens is 258 g/mol. The average Bonchev–Trinajstić information content (AvgIpc) is 3.28. The molecule has 98 valence electrons. The molecule has 0 spiro atoms. The summed E-state index contributed by atoms with van der Waals surface area (Å²) in [6.45, 7) is 0.563. The molecule has 0 aromatic carbocycles. The fourth-order valence-electron chi connectivity index (χ4n) is 1.72. The molecule has 0 saturated heterocycles. The minimum atomic E-state index is -0.0227. The second-order valence-electron chi connectivity index (χ2n) is 4.37. The molecule has 5 heteroatoms. The van der Waals surface area contributed by atoms with Crippen molar-refractivity contribution in [3.05, 3.63) is 40.7 Å². The summed E-state index contributed by atoms with van der Waals surface area (Å²) in [6.07, 6.45) is 7.16. The van der Waals surface area contributed by atoms with Crippen LogP contribution >= 0.6 is 11.8 Å². The van der Waals surface area contributed by atoms with Crippen molar-refractivity contribution < 1.29 is 4.79 Å². The molecule has 19 heavy (non-hydrogen) atoms. The standard InChI is InChI=1S/C14H15N3OS/c1-19-14(12(7-15)13(18)11-4-5-11)17-9-10-3-2-6-16-8-10/h2-3,6,8,11,17H,4-5,9H2,1H3. The third kappa shape index (κ3) is 3.58. The van der Waals surface area contributed by atoms with Gasteiger partial charge in [-0.1, -0.05) is 6.07 Å². The van der Waals surface area contributed by atoms with Crippen LogP contribution in [0.5, 0.6) is 0 Å². The number of hydrogen-bond acceptors (Lipinski definition) is 5. The molecule has 1 aliphatic rings. The lowest BCUT2D eigenvalue weighted by atomic mass is 10.1. The lowest BCUT2D eigenvalue weighted by molar-refractivity contribution is -0.116. The number of pyridine rings is 1. The lowest BCUT2D eigenvalue weighted by Crippen LogP contribution is -2.16. The first-order valence-electron chi connectivity index (χ1n) is 6.11. The van der Waals surface area contributed by atoms with E-state index in [1.807, 2.05) is 24.5 Å². The number of nitriles is 1. The Morgan fingerprint density at radius 2 is 2.42 bits per heavy atom. The molecule has 1 aromatic rings. The van der Waals surface area contributed by atoms with Gasteiger partial charge in [-0.25, -0.2) is 0 Å². The van der Waals surface area contributed by atoms with E-state index in [4.69, 9.17) is 0 Å². The molecule has 1 heterocycles. The van der Waals surface area contributed by atoms with Gasteiger partial charge in [-0.2, -0.15) is 5.26 Å². The molecule has 1 N–H and O–H groups in total. The second kappa shape index (κ2) is 6.39. The van der Waals surface area contributed by atoms with Crippen LogP contribution in [0.1, 0.15) is 18.4 Å². The zero-order chi connectivity index (χ0) is 13.7. The van der Waals surface area contributed by atoms with E-state index in [1.165, 1.54) is 11.8 Å². The number of thioether (sulfide) groups is 1. The highest BCUT2D eigenvalue weighted by atomic mass is 32.2. The van der Waals surface area contributed by atoms with Crippen molar-refractivity contribution in [3.63, 3.8) is 0 Å². The van der Waals surface area contributed by atoms with Crippen LogP contribution in [0, 0.1) is 17.2 Å². The average molecular weight is 273 g/mol. The van der Waals surface area contributed by atoms with E-state index >= 15 is 0 Å². The number of aromatic nitrogens is 1. The van der Waals surface area contributed by atoms with Crippen LogP contribution in [0.15, 0.2) is 35.1 Å². The zero-order valence-corrected chi connectivity index (χ0v) is 11.5. The third-order valence-corrected chi connectivity index (χ3v) is 3.67. The number of carbonyl (C=O) groups is 1. The molecule has 0 unspecified atom stereocenters. The molecule has 0 radical (unpaired) electrons. The first-order valence-corrected chi connectivity index (χ1v) is 7.34. The molecule has 1 saturated carbocycles. The molecule has 0 bridgehead atoms. The molecule has 1 aromatic heterocycles. The van der Waals surface area contributed by atoms with E-state index in [-0.39, 0.29) is 17.3 Å². The minimum absolute atomic E-state index is 0.0227. The molecule has 1 aliphatic carbocycles. The topological polar surface area (TPSA) is 65.8 Å². The van der Waals surface area contributed by atoms with E-state index < -0.39 is 0 Å². The first-order chi connectivity index (χ1) is 9.26. The van der Waals surface area contributed by atoms with Crippen molar-refractivity contribution in [1.29, 1.82) is 5.26 Å².